The van der Waals surface area contributed by atoms with Crippen LogP contribution in [0.15, 0.2) is 30.6 Å². The van der Waals surface area contributed by atoms with E-state index in [2.05, 4.69) is 25.3 Å². The van der Waals surface area contributed by atoms with E-state index in [0.717, 1.165) is 5.56 Å². The van der Waals surface area contributed by atoms with Crippen molar-refractivity contribution in [2.45, 2.75) is 6.54 Å². The summed E-state index contributed by atoms with van der Waals surface area (Å²) in [6.07, 6.45) is 1.54. The SMILES string of the molecule is Nc1nc(NCc2cccc(Cl)c2)nc2[nH]cnc12. The van der Waals surface area contributed by atoms with E-state index in [9.17, 15) is 0 Å². The smallest absolute Gasteiger partial charge is 0.227 e. The zero-order valence-electron chi connectivity index (χ0n) is 9.89. The summed E-state index contributed by atoms with van der Waals surface area (Å²) in [5.41, 5.74) is 8.03. The van der Waals surface area contributed by atoms with E-state index in [1.165, 1.54) is 6.33 Å². The molecule has 96 valence electrons. The Hall–Kier alpha value is -2.34. The summed E-state index contributed by atoms with van der Waals surface area (Å²) in [4.78, 5) is 15.4. The van der Waals surface area contributed by atoms with E-state index >= 15 is 0 Å². The van der Waals surface area contributed by atoms with Crippen molar-refractivity contribution in [2.75, 3.05) is 11.1 Å². The molecular formula is C12H11ClN6. The fraction of sp³-hybridized carbons (Fsp3) is 0.0833. The molecule has 0 atom stereocenters. The van der Waals surface area contributed by atoms with E-state index in [4.69, 9.17) is 17.3 Å². The highest BCUT2D eigenvalue weighted by atomic mass is 35.5. The number of benzene rings is 1. The normalized spacial score (nSPS) is 10.8. The molecular weight excluding hydrogens is 264 g/mol. The number of fused-ring (bicyclic) bond motifs is 1. The molecule has 4 N–H and O–H groups in total. The van der Waals surface area contributed by atoms with Crippen molar-refractivity contribution in [1.29, 1.82) is 0 Å². The number of nitrogens with one attached hydrogen (secondary N) is 2. The Bertz CT molecular complexity index is 723. The van der Waals surface area contributed by atoms with E-state index in [-0.39, 0.29) is 0 Å². The molecule has 3 aromatic rings. The lowest BCUT2D eigenvalue weighted by Gasteiger charge is -2.06. The molecule has 3 rings (SSSR count). The summed E-state index contributed by atoms with van der Waals surface area (Å²) < 4.78 is 0. The number of aromatic nitrogens is 4. The topological polar surface area (TPSA) is 92.5 Å². The number of aromatic amines is 1. The molecule has 7 heteroatoms. The fourth-order valence-corrected chi connectivity index (χ4v) is 1.98. The van der Waals surface area contributed by atoms with Gasteiger partial charge >= 0.3 is 0 Å². The van der Waals surface area contributed by atoms with Gasteiger partial charge in [0, 0.05) is 11.6 Å². The van der Waals surface area contributed by atoms with Crippen LogP contribution in [0, 0.1) is 0 Å². The first-order valence-corrected chi connectivity index (χ1v) is 6.05. The molecule has 2 heterocycles. The standard InChI is InChI=1S/C12H11ClN6/c13-8-3-1-2-7(4-8)5-15-12-18-10(14)9-11(19-12)17-6-16-9/h1-4,6H,5H2,(H4,14,15,16,17,18,19). The molecule has 0 radical (unpaired) electrons. The number of anilines is 2. The Morgan fingerprint density at radius 3 is 3.05 bits per heavy atom. The quantitative estimate of drug-likeness (QED) is 0.681. The molecule has 0 aliphatic carbocycles. The van der Waals surface area contributed by atoms with Crippen LogP contribution in [0.3, 0.4) is 0 Å². The van der Waals surface area contributed by atoms with E-state index in [0.29, 0.717) is 34.5 Å². The van der Waals surface area contributed by atoms with Gasteiger partial charge < -0.3 is 16.0 Å². The number of nitrogen functional groups attached to an aromatic ring is 1. The average molecular weight is 275 g/mol. The monoisotopic (exact) mass is 274 g/mol. The van der Waals surface area contributed by atoms with Crippen LogP contribution in [0.4, 0.5) is 11.8 Å². The third kappa shape index (κ3) is 2.43. The third-order valence-corrected chi connectivity index (χ3v) is 2.88. The van der Waals surface area contributed by atoms with Gasteiger partial charge in [0.2, 0.25) is 5.95 Å². The lowest BCUT2D eigenvalue weighted by molar-refractivity contribution is 1.07. The number of nitrogens with two attached hydrogens (primary N) is 1. The zero-order valence-corrected chi connectivity index (χ0v) is 10.6. The highest BCUT2D eigenvalue weighted by Gasteiger charge is 2.06. The molecule has 0 fully saturated rings. The van der Waals surface area contributed by atoms with Crippen molar-refractivity contribution < 1.29 is 0 Å². The molecule has 1 aromatic carbocycles. The van der Waals surface area contributed by atoms with Crippen LogP contribution >= 0.6 is 11.6 Å². The summed E-state index contributed by atoms with van der Waals surface area (Å²) in [6.45, 7) is 0.569. The number of imidazole rings is 1. The van der Waals surface area contributed by atoms with Crippen LogP contribution in [0.1, 0.15) is 5.56 Å². The first kappa shape index (κ1) is 11.7. The Kier molecular flexibility index (Phi) is 2.92. The number of hydrogen-bond acceptors (Lipinski definition) is 5. The highest BCUT2D eigenvalue weighted by Crippen LogP contribution is 2.16. The minimum atomic E-state index is 0.347. The summed E-state index contributed by atoms with van der Waals surface area (Å²) in [5.74, 6) is 0.800. The molecule has 19 heavy (non-hydrogen) atoms. The van der Waals surface area contributed by atoms with Gasteiger partial charge in [-0.15, -0.1) is 0 Å². The highest BCUT2D eigenvalue weighted by molar-refractivity contribution is 6.30. The summed E-state index contributed by atoms with van der Waals surface area (Å²) >= 11 is 5.92. The summed E-state index contributed by atoms with van der Waals surface area (Å²) in [6, 6.07) is 7.58. The zero-order chi connectivity index (χ0) is 13.2. The maximum absolute atomic E-state index is 5.92. The molecule has 0 spiro atoms. The molecule has 0 bridgehead atoms. The number of hydrogen-bond donors (Lipinski definition) is 3. The van der Waals surface area contributed by atoms with Crippen LogP contribution in [-0.2, 0) is 6.54 Å². The average Bonchev–Trinajstić information content (AvgIpc) is 2.85. The maximum Gasteiger partial charge on any atom is 0.227 e. The van der Waals surface area contributed by atoms with Gasteiger partial charge in [0.25, 0.3) is 0 Å². The van der Waals surface area contributed by atoms with Gasteiger partial charge in [-0.2, -0.15) is 9.97 Å². The van der Waals surface area contributed by atoms with Crippen LogP contribution in [0.5, 0.6) is 0 Å². The van der Waals surface area contributed by atoms with Crippen molar-refractivity contribution in [2.24, 2.45) is 0 Å². The van der Waals surface area contributed by atoms with Crippen molar-refractivity contribution >= 4 is 34.5 Å². The Morgan fingerprint density at radius 2 is 2.21 bits per heavy atom. The van der Waals surface area contributed by atoms with Gasteiger partial charge in [0.1, 0.15) is 5.52 Å². The molecule has 0 saturated carbocycles. The van der Waals surface area contributed by atoms with E-state index in [1.54, 1.807) is 0 Å². The van der Waals surface area contributed by atoms with Crippen LogP contribution in [-0.4, -0.2) is 19.9 Å². The van der Waals surface area contributed by atoms with Gasteiger partial charge in [0.05, 0.1) is 6.33 Å². The fourth-order valence-electron chi connectivity index (χ4n) is 1.77. The lowest BCUT2D eigenvalue weighted by atomic mass is 10.2. The lowest BCUT2D eigenvalue weighted by Crippen LogP contribution is -2.05. The van der Waals surface area contributed by atoms with Crippen molar-refractivity contribution in [3.05, 3.63) is 41.2 Å². The van der Waals surface area contributed by atoms with Crippen LogP contribution in [0.25, 0.3) is 11.2 Å². The van der Waals surface area contributed by atoms with Gasteiger partial charge in [-0.1, -0.05) is 23.7 Å². The number of nitrogens with zero attached hydrogens (tertiary/aromatic N) is 3. The number of halogens is 1. The largest absolute Gasteiger partial charge is 0.382 e. The van der Waals surface area contributed by atoms with Gasteiger partial charge in [-0.05, 0) is 17.7 Å². The summed E-state index contributed by atoms with van der Waals surface area (Å²) in [7, 11) is 0. The van der Waals surface area contributed by atoms with Gasteiger partial charge in [-0.3, -0.25) is 0 Å². The molecule has 2 aromatic heterocycles. The molecule has 0 amide bonds. The Labute approximate surface area is 114 Å². The van der Waals surface area contributed by atoms with Crippen molar-refractivity contribution in [3.63, 3.8) is 0 Å². The first-order chi connectivity index (χ1) is 9.22. The van der Waals surface area contributed by atoms with Gasteiger partial charge in [0.15, 0.2) is 11.5 Å². The third-order valence-electron chi connectivity index (χ3n) is 2.65. The molecule has 0 unspecified atom stereocenters. The van der Waals surface area contributed by atoms with E-state index in [1.807, 2.05) is 24.3 Å². The predicted molar refractivity (Wildman–Crippen MR) is 74.9 cm³/mol. The van der Waals surface area contributed by atoms with Gasteiger partial charge in [-0.25, -0.2) is 4.98 Å². The minimum absolute atomic E-state index is 0.347. The minimum Gasteiger partial charge on any atom is -0.382 e. The van der Waals surface area contributed by atoms with Crippen LogP contribution < -0.4 is 11.1 Å². The molecule has 0 aliphatic rings. The molecule has 0 aliphatic heterocycles. The maximum atomic E-state index is 5.92. The van der Waals surface area contributed by atoms with E-state index < -0.39 is 0 Å². The van der Waals surface area contributed by atoms with Crippen molar-refractivity contribution in [3.8, 4) is 0 Å². The van der Waals surface area contributed by atoms with Crippen LogP contribution in [0.2, 0.25) is 5.02 Å². The predicted octanol–water partition coefficient (Wildman–Crippen LogP) is 2.20. The molecule has 0 saturated heterocycles. The summed E-state index contributed by atoms with van der Waals surface area (Å²) in [5, 5.41) is 3.80. The Balaban J connectivity index is 1.81. The second kappa shape index (κ2) is 4.74. The number of H-pyrrole nitrogens is 1. The second-order valence-corrected chi connectivity index (χ2v) is 4.45. The van der Waals surface area contributed by atoms with Crippen molar-refractivity contribution in [1.82, 2.24) is 19.9 Å². The second-order valence-electron chi connectivity index (χ2n) is 4.02. The number of rotatable bonds is 3. The Morgan fingerprint density at radius 1 is 1.32 bits per heavy atom. The molecule has 6 nitrogen and oxygen atoms in total. The first-order valence-electron chi connectivity index (χ1n) is 5.67.